The number of nitrogens with one attached hydrogen (secondary N) is 1. The molecule has 4 nitrogen and oxygen atoms in total. The maximum Gasteiger partial charge on any atom is 0.327 e. The normalized spacial score (nSPS) is 18.1. The zero-order valence-corrected chi connectivity index (χ0v) is 13.3. The lowest BCUT2D eigenvalue weighted by Gasteiger charge is -2.27. The molecule has 0 amide bonds. The van der Waals surface area contributed by atoms with Crippen molar-refractivity contribution in [2.24, 2.45) is 0 Å². The summed E-state index contributed by atoms with van der Waals surface area (Å²) in [5.74, 6) is -0.158. The third-order valence-corrected chi connectivity index (χ3v) is 3.80. The minimum Gasteiger partial charge on any atom is -0.491 e. The summed E-state index contributed by atoms with van der Waals surface area (Å²) in [6.07, 6.45) is 2.09. The number of hydrogen-bond donors (Lipinski definition) is 2. The van der Waals surface area contributed by atoms with Gasteiger partial charge in [0.15, 0.2) is 0 Å². The minimum atomic E-state index is -1.04. The average Bonchev–Trinajstić information content (AvgIpc) is 3.19. The summed E-state index contributed by atoms with van der Waals surface area (Å²) < 4.78 is 5.75. The van der Waals surface area contributed by atoms with Gasteiger partial charge in [-0.25, -0.2) is 0 Å². The van der Waals surface area contributed by atoms with E-state index in [0.29, 0.717) is 11.8 Å². The second-order valence-corrected chi connectivity index (χ2v) is 7.12. The van der Waals surface area contributed by atoms with E-state index in [-0.39, 0.29) is 12.0 Å². The van der Waals surface area contributed by atoms with E-state index in [9.17, 15) is 9.90 Å². The number of carboxylic acids is 1. The van der Waals surface area contributed by atoms with E-state index < -0.39 is 11.5 Å². The van der Waals surface area contributed by atoms with Gasteiger partial charge in [-0.1, -0.05) is 32.9 Å². The van der Waals surface area contributed by atoms with Crippen molar-refractivity contribution in [1.29, 1.82) is 0 Å². The van der Waals surface area contributed by atoms with Crippen molar-refractivity contribution in [1.82, 2.24) is 5.32 Å². The Hall–Kier alpha value is -1.55. The zero-order chi connectivity index (χ0) is 15.7. The van der Waals surface area contributed by atoms with Gasteiger partial charge in [0.25, 0.3) is 0 Å². The third-order valence-electron chi connectivity index (χ3n) is 3.80. The molecule has 0 bridgehead atoms. The largest absolute Gasteiger partial charge is 0.491 e. The summed E-state index contributed by atoms with van der Waals surface area (Å²) in [6, 6.07) is 8.18. The summed E-state index contributed by atoms with van der Waals surface area (Å²) in [7, 11) is 0. The number of benzene rings is 1. The van der Waals surface area contributed by atoms with Crippen LogP contribution in [0.1, 0.15) is 46.1 Å². The van der Waals surface area contributed by atoms with Crippen LogP contribution in [0.2, 0.25) is 0 Å². The molecule has 0 heterocycles. The highest BCUT2D eigenvalue weighted by molar-refractivity contribution is 5.78. The fourth-order valence-electron chi connectivity index (χ4n) is 2.12. The molecule has 1 saturated carbocycles. The Kier molecular flexibility index (Phi) is 4.28. The fraction of sp³-hybridized carbons (Fsp3) is 0.588. The Bertz CT molecular complexity index is 517. The first-order valence-electron chi connectivity index (χ1n) is 7.45. The lowest BCUT2D eigenvalue weighted by Crippen LogP contribution is -2.54. The van der Waals surface area contributed by atoms with E-state index in [4.69, 9.17) is 4.74 Å². The maximum absolute atomic E-state index is 11.5. The second-order valence-electron chi connectivity index (χ2n) is 7.12. The van der Waals surface area contributed by atoms with Crippen LogP contribution in [0.15, 0.2) is 24.3 Å². The molecule has 0 radical (unpaired) electrons. The molecule has 1 aromatic rings. The Morgan fingerprint density at radius 1 is 1.33 bits per heavy atom. The molecule has 116 valence electrons. The first kappa shape index (κ1) is 15.8. The van der Waals surface area contributed by atoms with E-state index in [1.165, 1.54) is 5.56 Å². The van der Waals surface area contributed by atoms with Crippen molar-refractivity contribution in [2.75, 3.05) is 6.61 Å². The van der Waals surface area contributed by atoms with Crippen molar-refractivity contribution < 1.29 is 14.6 Å². The Morgan fingerprint density at radius 3 is 2.52 bits per heavy atom. The van der Waals surface area contributed by atoms with Crippen LogP contribution in [0.25, 0.3) is 0 Å². The highest BCUT2D eigenvalue weighted by atomic mass is 16.5. The van der Waals surface area contributed by atoms with Gasteiger partial charge >= 0.3 is 5.97 Å². The van der Waals surface area contributed by atoms with E-state index in [1.807, 2.05) is 18.2 Å². The van der Waals surface area contributed by atoms with Crippen LogP contribution >= 0.6 is 0 Å². The van der Waals surface area contributed by atoms with Crippen molar-refractivity contribution in [3.8, 4) is 5.75 Å². The molecule has 0 aliphatic heterocycles. The van der Waals surface area contributed by atoms with Crippen LogP contribution in [-0.4, -0.2) is 29.3 Å². The molecular formula is C17H25NO3. The molecule has 1 atom stereocenters. The molecule has 2 rings (SSSR count). The molecule has 4 heteroatoms. The molecule has 1 aliphatic carbocycles. The van der Waals surface area contributed by atoms with Gasteiger partial charge in [-0.15, -0.1) is 0 Å². The predicted molar refractivity (Wildman–Crippen MR) is 82.8 cm³/mol. The van der Waals surface area contributed by atoms with Gasteiger partial charge in [0.2, 0.25) is 0 Å². The summed E-state index contributed by atoms with van der Waals surface area (Å²) in [5, 5.41) is 12.6. The van der Waals surface area contributed by atoms with E-state index in [1.54, 1.807) is 6.92 Å². The van der Waals surface area contributed by atoms with Crippen molar-refractivity contribution in [2.45, 2.75) is 57.5 Å². The Morgan fingerprint density at radius 2 is 2.00 bits per heavy atom. The molecule has 1 unspecified atom stereocenters. The van der Waals surface area contributed by atoms with Crippen molar-refractivity contribution >= 4 is 5.97 Å². The van der Waals surface area contributed by atoms with Gasteiger partial charge in [0, 0.05) is 6.04 Å². The summed E-state index contributed by atoms with van der Waals surface area (Å²) in [6.45, 7) is 8.22. The van der Waals surface area contributed by atoms with Crippen LogP contribution in [0, 0.1) is 0 Å². The van der Waals surface area contributed by atoms with Crippen LogP contribution in [0.4, 0.5) is 0 Å². The first-order chi connectivity index (χ1) is 9.71. The molecule has 1 aliphatic rings. The zero-order valence-electron chi connectivity index (χ0n) is 13.3. The SMILES string of the molecule is CC(COc1cccc(C(C)(C)C)c1)(NC1CC1)C(=O)O. The van der Waals surface area contributed by atoms with Crippen LogP contribution < -0.4 is 10.1 Å². The van der Waals surface area contributed by atoms with E-state index in [0.717, 1.165) is 12.8 Å². The number of hydrogen-bond acceptors (Lipinski definition) is 3. The fourth-order valence-corrected chi connectivity index (χ4v) is 2.12. The van der Waals surface area contributed by atoms with E-state index in [2.05, 4.69) is 32.2 Å². The highest BCUT2D eigenvalue weighted by Crippen LogP contribution is 2.27. The standard InChI is InChI=1S/C17H25NO3/c1-16(2,3)12-6-5-7-14(10-12)21-11-17(4,15(19)20)18-13-8-9-13/h5-7,10,13,18H,8-9,11H2,1-4H3,(H,19,20). The van der Waals surface area contributed by atoms with Crippen molar-refractivity contribution in [3.05, 3.63) is 29.8 Å². The molecule has 0 saturated heterocycles. The Balaban J connectivity index is 2.05. The third kappa shape index (κ3) is 4.21. The van der Waals surface area contributed by atoms with Crippen molar-refractivity contribution in [3.63, 3.8) is 0 Å². The molecule has 1 fully saturated rings. The van der Waals surface area contributed by atoms with Crippen LogP contribution in [0.3, 0.4) is 0 Å². The highest BCUT2D eigenvalue weighted by Gasteiger charge is 2.39. The quantitative estimate of drug-likeness (QED) is 0.846. The van der Waals surface area contributed by atoms with Gasteiger partial charge in [0.05, 0.1) is 0 Å². The van der Waals surface area contributed by atoms with Gasteiger partial charge in [-0.05, 0) is 42.9 Å². The Labute approximate surface area is 126 Å². The van der Waals surface area contributed by atoms with Gasteiger partial charge in [-0.3, -0.25) is 10.1 Å². The number of carbonyl (C=O) groups is 1. The van der Waals surface area contributed by atoms with Gasteiger partial charge in [0.1, 0.15) is 17.9 Å². The number of ether oxygens (including phenoxy) is 1. The lowest BCUT2D eigenvalue weighted by atomic mass is 9.87. The first-order valence-corrected chi connectivity index (χ1v) is 7.45. The predicted octanol–water partition coefficient (Wildman–Crippen LogP) is 2.96. The van der Waals surface area contributed by atoms with Gasteiger partial charge in [-0.2, -0.15) is 0 Å². The molecule has 0 spiro atoms. The monoisotopic (exact) mass is 291 g/mol. The average molecular weight is 291 g/mol. The molecule has 1 aromatic carbocycles. The summed E-state index contributed by atoms with van der Waals surface area (Å²) >= 11 is 0. The van der Waals surface area contributed by atoms with Gasteiger partial charge < -0.3 is 9.84 Å². The molecule has 0 aromatic heterocycles. The topological polar surface area (TPSA) is 58.6 Å². The second kappa shape index (κ2) is 5.68. The smallest absolute Gasteiger partial charge is 0.327 e. The van der Waals surface area contributed by atoms with Crippen LogP contribution in [-0.2, 0) is 10.2 Å². The number of aliphatic carboxylic acids is 1. The number of carboxylic acid groups (broad SMARTS) is 1. The van der Waals surface area contributed by atoms with E-state index >= 15 is 0 Å². The van der Waals surface area contributed by atoms with Crippen LogP contribution in [0.5, 0.6) is 5.75 Å². The lowest BCUT2D eigenvalue weighted by molar-refractivity contribution is -0.145. The number of rotatable bonds is 6. The summed E-state index contributed by atoms with van der Waals surface area (Å²) in [4.78, 5) is 11.5. The summed E-state index contributed by atoms with van der Waals surface area (Å²) in [5.41, 5.74) is 0.174. The molecule has 21 heavy (non-hydrogen) atoms. The molecular weight excluding hydrogens is 266 g/mol. The minimum absolute atomic E-state index is 0.0434. The maximum atomic E-state index is 11.5. The molecule has 2 N–H and O–H groups in total.